The van der Waals surface area contributed by atoms with Crippen LogP contribution in [0.5, 0.6) is 5.75 Å². The Morgan fingerprint density at radius 1 is 1.36 bits per heavy atom. The minimum atomic E-state index is 0.814. The number of aliphatic imine (C=N–C) groups is 1. The van der Waals surface area contributed by atoms with Gasteiger partial charge in [0.15, 0.2) is 5.75 Å². The van der Waals surface area contributed by atoms with Crippen molar-refractivity contribution in [2.24, 2.45) is 4.99 Å². The number of rotatable bonds is 0. The fourth-order valence-electron chi connectivity index (χ4n) is 0.898. The van der Waals surface area contributed by atoms with Crippen molar-refractivity contribution in [2.75, 3.05) is 5.75 Å². The maximum atomic E-state index is 5.34. The largest absolute Gasteiger partial charge is 0.423 e. The van der Waals surface area contributed by atoms with Crippen molar-refractivity contribution in [3.8, 4) is 5.75 Å². The normalized spacial score (nSPS) is 14.9. The Hall–Kier alpha value is -0.960. The van der Waals surface area contributed by atoms with Crippen LogP contribution in [0.15, 0.2) is 29.3 Å². The van der Waals surface area contributed by atoms with Crippen molar-refractivity contribution < 1.29 is 4.18 Å². The first-order chi connectivity index (χ1) is 5.47. The van der Waals surface area contributed by atoms with Gasteiger partial charge in [-0.1, -0.05) is 12.1 Å². The van der Waals surface area contributed by atoms with E-state index in [9.17, 15) is 0 Å². The number of nitrogens with zero attached hydrogens (tertiary/aromatic N) is 1. The highest BCUT2D eigenvalue weighted by Gasteiger charge is 2.03. The quantitative estimate of drug-likeness (QED) is 0.551. The van der Waals surface area contributed by atoms with Crippen molar-refractivity contribution in [3.63, 3.8) is 0 Å². The van der Waals surface area contributed by atoms with Crippen LogP contribution in [0, 0.1) is 0 Å². The first-order valence-corrected chi connectivity index (χ1v) is 4.29. The summed E-state index contributed by atoms with van der Waals surface area (Å²) in [6.07, 6.45) is 1.86. The van der Waals surface area contributed by atoms with Gasteiger partial charge in [0.2, 0.25) is 0 Å². The lowest BCUT2D eigenvalue weighted by Crippen LogP contribution is -1.80. The molecular weight excluding hydrogens is 158 g/mol. The topological polar surface area (TPSA) is 21.6 Å². The number of para-hydroxylation sites is 2. The van der Waals surface area contributed by atoms with Crippen LogP contribution in [0.1, 0.15) is 0 Å². The van der Waals surface area contributed by atoms with Gasteiger partial charge in [-0.05, 0) is 12.1 Å². The van der Waals surface area contributed by atoms with E-state index in [0.717, 1.165) is 17.2 Å². The number of benzene rings is 1. The summed E-state index contributed by atoms with van der Waals surface area (Å²) in [7, 11) is 0. The highest BCUT2D eigenvalue weighted by Crippen LogP contribution is 2.30. The lowest BCUT2D eigenvalue weighted by molar-refractivity contribution is 0.652. The van der Waals surface area contributed by atoms with Crippen molar-refractivity contribution in [3.05, 3.63) is 24.3 Å². The summed E-state index contributed by atoms with van der Waals surface area (Å²) in [5, 5.41) is 0. The second-order valence-electron chi connectivity index (χ2n) is 2.15. The lowest BCUT2D eigenvalue weighted by Gasteiger charge is -2.00. The fourth-order valence-corrected chi connectivity index (χ4v) is 1.37. The molecule has 0 aliphatic carbocycles. The third-order valence-electron chi connectivity index (χ3n) is 1.39. The molecule has 0 N–H and O–H groups in total. The summed E-state index contributed by atoms with van der Waals surface area (Å²) in [6.45, 7) is 0. The fraction of sp³-hybridized carbons (Fsp3) is 0.125. The van der Waals surface area contributed by atoms with E-state index in [1.807, 2.05) is 30.5 Å². The standard InChI is InChI=1S/C8H7NOS/c1-2-4-8-7(3-1)9-5-6-11-10-8/h1-5H,6H2. The molecule has 0 bridgehead atoms. The first-order valence-electron chi connectivity index (χ1n) is 3.38. The lowest BCUT2D eigenvalue weighted by atomic mass is 10.3. The van der Waals surface area contributed by atoms with Crippen LogP contribution in [0.25, 0.3) is 0 Å². The van der Waals surface area contributed by atoms with E-state index in [1.165, 1.54) is 12.0 Å². The van der Waals surface area contributed by atoms with Crippen LogP contribution < -0.4 is 4.18 Å². The van der Waals surface area contributed by atoms with Gasteiger partial charge in [-0.25, -0.2) is 0 Å². The predicted octanol–water partition coefficient (Wildman–Crippen LogP) is 2.43. The van der Waals surface area contributed by atoms with Gasteiger partial charge in [0.1, 0.15) is 5.69 Å². The summed E-state index contributed by atoms with van der Waals surface area (Å²) in [5.41, 5.74) is 0.914. The molecule has 0 unspecified atom stereocenters. The van der Waals surface area contributed by atoms with Crippen LogP contribution in [-0.4, -0.2) is 12.0 Å². The maximum absolute atomic E-state index is 5.34. The molecule has 56 valence electrons. The Morgan fingerprint density at radius 2 is 2.27 bits per heavy atom. The van der Waals surface area contributed by atoms with Crippen LogP contribution in [0.3, 0.4) is 0 Å². The number of hydrogen-bond acceptors (Lipinski definition) is 3. The Kier molecular flexibility index (Phi) is 1.81. The smallest absolute Gasteiger partial charge is 0.162 e. The first kappa shape index (κ1) is 6.73. The van der Waals surface area contributed by atoms with Crippen LogP contribution in [0.4, 0.5) is 5.69 Å². The molecule has 3 heteroatoms. The molecule has 0 saturated heterocycles. The summed E-state index contributed by atoms with van der Waals surface area (Å²) >= 11 is 1.41. The van der Waals surface area contributed by atoms with Crippen molar-refractivity contribution in [2.45, 2.75) is 0 Å². The third-order valence-corrected chi connectivity index (χ3v) is 1.97. The second kappa shape index (κ2) is 2.96. The molecule has 0 saturated carbocycles. The summed E-state index contributed by atoms with van der Waals surface area (Å²) in [4.78, 5) is 4.22. The molecule has 0 radical (unpaired) electrons. The van der Waals surface area contributed by atoms with Gasteiger partial charge in [0.05, 0.1) is 17.8 Å². The van der Waals surface area contributed by atoms with Crippen molar-refractivity contribution in [1.29, 1.82) is 0 Å². The Labute approximate surface area is 69.5 Å². The highest BCUT2D eigenvalue weighted by atomic mass is 32.2. The Bertz CT molecular complexity index is 285. The highest BCUT2D eigenvalue weighted by molar-refractivity contribution is 7.95. The average molecular weight is 165 g/mol. The number of hydrogen-bond donors (Lipinski definition) is 0. The maximum Gasteiger partial charge on any atom is 0.162 e. The molecule has 0 atom stereocenters. The zero-order valence-electron chi connectivity index (χ0n) is 5.86. The summed E-state index contributed by atoms with van der Waals surface area (Å²) in [6, 6.07) is 7.76. The molecule has 1 heterocycles. The number of fused-ring (bicyclic) bond motifs is 1. The molecule has 0 spiro atoms. The summed E-state index contributed by atoms with van der Waals surface area (Å²) in [5.74, 6) is 1.67. The summed E-state index contributed by atoms with van der Waals surface area (Å²) < 4.78 is 5.34. The zero-order chi connectivity index (χ0) is 7.52. The van der Waals surface area contributed by atoms with E-state index in [2.05, 4.69) is 4.99 Å². The van der Waals surface area contributed by atoms with Gasteiger partial charge >= 0.3 is 0 Å². The van der Waals surface area contributed by atoms with E-state index in [1.54, 1.807) is 0 Å². The second-order valence-corrected chi connectivity index (χ2v) is 2.88. The van der Waals surface area contributed by atoms with Crippen LogP contribution in [-0.2, 0) is 0 Å². The van der Waals surface area contributed by atoms with E-state index < -0.39 is 0 Å². The molecule has 0 amide bonds. The molecular formula is C8H7NOS. The van der Waals surface area contributed by atoms with E-state index in [0.29, 0.717) is 0 Å². The van der Waals surface area contributed by atoms with Gasteiger partial charge in [-0.2, -0.15) is 0 Å². The predicted molar refractivity (Wildman–Crippen MR) is 47.7 cm³/mol. The molecule has 1 aromatic carbocycles. The minimum Gasteiger partial charge on any atom is -0.423 e. The van der Waals surface area contributed by atoms with Gasteiger partial charge in [-0.15, -0.1) is 0 Å². The third kappa shape index (κ3) is 1.38. The van der Waals surface area contributed by atoms with Gasteiger partial charge in [-0.3, -0.25) is 4.99 Å². The van der Waals surface area contributed by atoms with E-state index in [4.69, 9.17) is 4.18 Å². The van der Waals surface area contributed by atoms with E-state index in [-0.39, 0.29) is 0 Å². The molecule has 1 aliphatic heterocycles. The van der Waals surface area contributed by atoms with Crippen molar-refractivity contribution >= 4 is 23.9 Å². The minimum absolute atomic E-state index is 0.814. The Balaban J connectivity index is 2.45. The molecule has 11 heavy (non-hydrogen) atoms. The molecule has 1 aliphatic rings. The zero-order valence-corrected chi connectivity index (χ0v) is 6.67. The van der Waals surface area contributed by atoms with Gasteiger partial charge in [0.25, 0.3) is 0 Å². The van der Waals surface area contributed by atoms with Crippen LogP contribution in [0.2, 0.25) is 0 Å². The monoisotopic (exact) mass is 165 g/mol. The molecule has 2 nitrogen and oxygen atoms in total. The molecule has 0 fully saturated rings. The van der Waals surface area contributed by atoms with Gasteiger partial charge in [0, 0.05) is 6.21 Å². The average Bonchev–Trinajstić information content (AvgIpc) is 2.28. The van der Waals surface area contributed by atoms with Gasteiger partial charge < -0.3 is 4.18 Å². The Morgan fingerprint density at radius 3 is 3.27 bits per heavy atom. The molecule has 1 aromatic rings. The molecule has 0 aromatic heterocycles. The van der Waals surface area contributed by atoms with Crippen LogP contribution >= 0.6 is 12.0 Å². The van der Waals surface area contributed by atoms with E-state index >= 15 is 0 Å². The molecule has 2 rings (SSSR count). The SMILES string of the molecule is C1=Nc2ccccc2OSC1. The van der Waals surface area contributed by atoms with Crippen molar-refractivity contribution in [1.82, 2.24) is 0 Å².